The molecule has 0 spiro atoms. The van der Waals surface area contributed by atoms with Gasteiger partial charge in [-0.1, -0.05) is 0 Å². The number of ether oxygens (including phenoxy) is 4. The van der Waals surface area contributed by atoms with E-state index < -0.39 is 0 Å². The average Bonchev–Trinajstić information content (AvgIpc) is 2.89. The summed E-state index contributed by atoms with van der Waals surface area (Å²) in [6.45, 7) is 6.40. The van der Waals surface area contributed by atoms with Crippen molar-refractivity contribution in [2.75, 3.05) is 60.7 Å². The lowest BCUT2D eigenvalue weighted by Crippen LogP contribution is -2.29. The molecule has 1 N–H and O–H groups in total. The van der Waals surface area contributed by atoms with E-state index in [1.807, 2.05) is 12.1 Å². The Kier molecular flexibility index (Phi) is 7.98. The minimum atomic E-state index is 0.585. The monoisotopic (exact) mass is 338 g/mol. The van der Waals surface area contributed by atoms with Gasteiger partial charge in [0.1, 0.15) is 5.75 Å². The molecule has 6 heteroatoms. The number of nitrogens with one attached hydrogen (secondary N) is 1. The van der Waals surface area contributed by atoms with Crippen LogP contribution in [0, 0.1) is 0 Å². The summed E-state index contributed by atoms with van der Waals surface area (Å²) in [6.07, 6.45) is 3.41. The Balaban J connectivity index is 1.77. The van der Waals surface area contributed by atoms with E-state index in [0.717, 1.165) is 44.8 Å². The minimum Gasteiger partial charge on any atom is -0.493 e. The second-order valence-electron chi connectivity index (χ2n) is 5.86. The molecular formula is C18H30N2O4. The minimum absolute atomic E-state index is 0.585. The molecule has 0 amide bonds. The summed E-state index contributed by atoms with van der Waals surface area (Å²) in [5, 5.41) is 3.43. The van der Waals surface area contributed by atoms with Gasteiger partial charge in [0, 0.05) is 25.2 Å². The first kappa shape index (κ1) is 18.7. The lowest BCUT2D eigenvalue weighted by atomic mass is 10.2. The molecule has 1 fully saturated rings. The number of unbranched alkanes of at least 4 members (excludes halogenated alkanes) is 1. The second-order valence-corrected chi connectivity index (χ2v) is 5.86. The first-order valence-electron chi connectivity index (χ1n) is 8.64. The van der Waals surface area contributed by atoms with Crippen LogP contribution in [0.1, 0.15) is 19.3 Å². The zero-order valence-corrected chi connectivity index (χ0v) is 15.1. The zero-order valence-electron chi connectivity index (χ0n) is 15.1. The van der Waals surface area contributed by atoms with Crippen LogP contribution in [0.3, 0.4) is 0 Å². The van der Waals surface area contributed by atoms with Crippen LogP contribution < -0.4 is 24.3 Å². The fraction of sp³-hybridized carbons (Fsp3) is 0.667. The van der Waals surface area contributed by atoms with Gasteiger partial charge in [0.2, 0.25) is 5.75 Å². The predicted molar refractivity (Wildman–Crippen MR) is 94.8 cm³/mol. The summed E-state index contributed by atoms with van der Waals surface area (Å²) in [5.41, 5.74) is 0. The summed E-state index contributed by atoms with van der Waals surface area (Å²) in [6, 6.07) is 3.67. The van der Waals surface area contributed by atoms with E-state index in [1.54, 1.807) is 21.3 Å². The molecule has 0 radical (unpaired) electrons. The van der Waals surface area contributed by atoms with Gasteiger partial charge in [0.25, 0.3) is 0 Å². The molecule has 1 aromatic rings. The molecule has 0 saturated carbocycles. The number of hydrogen-bond acceptors (Lipinski definition) is 6. The molecule has 0 aromatic heterocycles. The topological polar surface area (TPSA) is 52.2 Å². The highest BCUT2D eigenvalue weighted by atomic mass is 16.5. The Morgan fingerprint density at radius 3 is 2.38 bits per heavy atom. The molecule has 136 valence electrons. The molecule has 1 aromatic carbocycles. The van der Waals surface area contributed by atoms with Crippen molar-refractivity contribution in [3.05, 3.63) is 12.1 Å². The molecule has 0 unspecified atom stereocenters. The van der Waals surface area contributed by atoms with Gasteiger partial charge in [0.05, 0.1) is 27.9 Å². The van der Waals surface area contributed by atoms with E-state index in [9.17, 15) is 0 Å². The van der Waals surface area contributed by atoms with Gasteiger partial charge in [-0.25, -0.2) is 0 Å². The van der Waals surface area contributed by atoms with Crippen molar-refractivity contribution in [2.24, 2.45) is 0 Å². The smallest absolute Gasteiger partial charge is 0.203 e. The average molecular weight is 338 g/mol. The summed E-state index contributed by atoms with van der Waals surface area (Å²) < 4.78 is 21.9. The Morgan fingerprint density at radius 2 is 1.71 bits per heavy atom. The maximum absolute atomic E-state index is 5.86. The van der Waals surface area contributed by atoms with E-state index in [1.165, 1.54) is 13.0 Å². The van der Waals surface area contributed by atoms with Crippen molar-refractivity contribution in [3.63, 3.8) is 0 Å². The van der Waals surface area contributed by atoms with Crippen LogP contribution in [-0.2, 0) is 0 Å². The van der Waals surface area contributed by atoms with Gasteiger partial charge in [-0.3, -0.25) is 0 Å². The molecule has 1 aliphatic heterocycles. The molecule has 1 heterocycles. The van der Waals surface area contributed by atoms with Crippen molar-refractivity contribution < 1.29 is 18.9 Å². The normalized spacial score (nSPS) is 15.6. The summed E-state index contributed by atoms with van der Waals surface area (Å²) >= 11 is 0. The van der Waals surface area contributed by atoms with E-state index in [0.29, 0.717) is 23.9 Å². The third-order valence-corrected chi connectivity index (χ3v) is 4.21. The zero-order chi connectivity index (χ0) is 17.2. The van der Waals surface area contributed by atoms with Gasteiger partial charge in [0.15, 0.2) is 11.5 Å². The van der Waals surface area contributed by atoms with Gasteiger partial charge in [-0.05, 0) is 38.9 Å². The van der Waals surface area contributed by atoms with Gasteiger partial charge in [-0.15, -0.1) is 0 Å². The molecule has 6 nitrogen and oxygen atoms in total. The number of nitrogens with zero attached hydrogens (tertiary/aromatic N) is 1. The lowest BCUT2D eigenvalue weighted by molar-refractivity contribution is 0.258. The summed E-state index contributed by atoms with van der Waals surface area (Å²) in [7, 11) is 4.81. The molecular weight excluding hydrogens is 308 g/mol. The lowest BCUT2D eigenvalue weighted by Gasteiger charge is -2.19. The molecule has 0 atom stereocenters. The van der Waals surface area contributed by atoms with Crippen LogP contribution in [0.4, 0.5) is 0 Å². The second kappa shape index (κ2) is 10.3. The SMILES string of the molecule is COc1cc(OCCCCN2CCCNCC2)cc(OC)c1OC. The Bertz CT molecular complexity index is 463. The van der Waals surface area contributed by atoms with Crippen molar-refractivity contribution in [1.82, 2.24) is 10.2 Å². The highest BCUT2D eigenvalue weighted by Crippen LogP contribution is 2.40. The molecule has 1 aliphatic rings. The molecule has 0 aliphatic carbocycles. The third kappa shape index (κ3) is 5.46. The van der Waals surface area contributed by atoms with Gasteiger partial charge >= 0.3 is 0 Å². The van der Waals surface area contributed by atoms with E-state index in [4.69, 9.17) is 18.9 Å². The standard InChI is InChI=1S/C18H30N2O4/c1-21-16-13-15(14-17(22-2)18(16)23-3)24-12-5-4-9-20-10-6-7-19-8-11-20/h13-14,19H,4-12H2,1-3H3. The maximum Gasteiger partial charge on any atom is 0.203 e. The van der Waals surface area contributed by atoms with E-state index in [2.05, 4.69) is 10.2 Å². The van der Waals surface area contributed by atoms with Crippen molar-refractivity contribution in [2.45, 2.75) is 19.3 Å². The highest BCUT2D eigenvalue weighted by molar-refractivity contribution is 5.55. The van der Waals surface area contributed by atoms with Gasteiger partial charge < -0.3 is 29.2 Å². The van der Waals surface area contributed by atoms with E-state index >= 15 is 0 Å². The highest BCUT2D eigenvalue weighted by Gasteiger charge is 2.14. The third-order valence-electron chi connectivity index (χ3n) is 4.21. The van der Waals surface area contributed by atoms with Crippen LogP contribution in [0.15, 0.2) is 12.1 Å². The van der Waals surface area contributed by atoms with Crippen LogP contribution in [0.2, 0.25) is 0 Å². The quantitative estimate of drug-likeness (QED) is 0.697. The number of methoxy groups -OCH3 is 3. The molecule has 1 saturated heterocycles. The van der Waals surface area contributed by atoms with Crippen LogP contribution in [0.5, 0.6) is 23.0 Å². The molecule has 0 bridgehead atoms. The van der Waals surface area contributed by atoms with Crippen LogP contribution in [0.25, 0.3) is 0 Å². The number of hydrogen-bond donors (Lipinski definition) is 1. The fourth-order valence-electron chi connectivity index (χ4n) is 2.89. The molecule has 2 rings (SSSR count). The Labute approximate surface area is 145 Å². The maximum atomic E-state index is 5.86. The first-order valence-corrected chi connectivity index (χ1v) is 8.64. The Hall–Kier alpha value is -1.66. The van der Waals surface area contributed by atoms with Crippen LogP contribution >= 0.6 is 0 Å². The Morgan fingerprint density at radius 1 is 0.958 bits per heavy atom. The largest absolute Gasteiger partial charge is 0.493 e. The summed E-state index contributed by atoms with van der Waals surface area (Å²) in [5.74, 6) is 2.55. The summed E-state index contributed by atoms with van der Waals surface area (Å²) in [4.78, 5) is 2.53. The fourth-order valence-corrected chi connectivity index (χ4v) is 2.89. The van der Waals surface area contributed by atoms with E-state index in [-0.39, 0.29) is 0 Å². The van der Waals surface area contributed by atoms with Gasteiger partial charge in [-0.2, -0.15) is 0 Å². The van der Waals surface area contributed by atoms with Crippen molar-refractivity contribution in [1.29, 1.82) is 0 Å². The number of rotatable bonds is 9. The first-order chi connectivity index (χ1) is 11.8. The van der Waals surface area contributed by atoms with Crippen molar-refractivity contribution >= 4 is 0 Å². The number of benzene rings is 1. The van der Waals surface area contributed by atoms with Crippen molar-refractivity contribution in [3.8, 4) is 23.0 Å². The predicted octanol–water partition coefficient (Wildman–Crippen LogP) is 2.17. The molecule has 24 heavy (non-hydrogen) atoms. The van der Waals surface area contributed by atoms with Crippen LogP contribution in [-0.4, -0.2) is 65.6 Å².